The highest BCUT2D eigenvalue weighted by Gasteiger charge is 2.31. The van der Waals surface area contributed by atoms with E-state index >= 15 is 0 Å². The van der Waals surface area contributed by atoms with Crippen molar-refractivity contribution in [2.75, 3.05) is 13.6 Å². The van der Waals surface area contributed by atoms with Crippen molar-refractivity contribution >= 4 is 21.8 Å². The Kier molecular flexibility index (Phi) is 4.99. The van der Waals surface area contributed by atoms with E-state index in [1.54, 1.807) is 0 Å². The molecule has 1 aromatic rings. The van der Waals surface area contributed by atoms with Gasteiger partial charge < -0.3 is 10.6 Å². The van der Waals surface area contributed by atoms with Crippen LogP contribution < -0.4 is 5.73 Å². The van der Waals surface area contributed by atoms with Gasteiger partial charge in [0.15, 0.2) is 0 Å². The van der Waals surface area contributed by atoms with Gasteiger partial charge in [0.2, 0.25) is 5.91 Å². The zero-order chi connectivity index (χ0) is 13.8. The van der Waals surface area contributed by atoms with E-state index in [4.69, 9.17) is 5.73 Å². The van der Waals surface area contributed by atoms with Gasteiger partial charge in [0.05, 0.1) is 6.42 Å². The molecule has 1 aromatic carbocycles. The fourth-order valence-electron chi connectivity index (χ4n) is 2.93. The average Bonchev–Trinajstić information content (AvgIpc) is 2.86. The Hall–Kier alpha value is -0.870. The largest absolute Gasteiger partial charge is 0.342 e. The van der Waals surface area contributed by atoms with Crippen LogP contribution in [0.3, 0.4) is 0 Å². The molecular formula is C15H21BrN2O. The summed E-state index contributed by atoms with van der Waals surface area (Å²) >= 11 is 3.43. The van der Waals surface area contributed by atoms with Gasteiger partial charge in [-0.2, -0.15) is 0 Å². The topological polar surface area (TPSA) is 46.3 Å². The maximum Gasteiger partial charge on any atom is 0.226 e. The van der Waals surface area contributed by atoms with Crippen molar-refractivity contribution in [3.8, 4) is 0 Å². The second-order valence-electron chi connectivity index (χ2n) is 5.31. The van der Waals surface area contributed by atoms with Crippen LogP contribution in [0, 0.1) is 5.92 Å². The standard InChI is InChI=1S/C15H21BrN2O/c1-18(14-7-3-5-12(14)10-17)15(19)9-11-4-2-6-13(16)8-11/h2,4,6,8,12,14H,3,5,7,9-10,17H2,1H3. The van der Waals surface area contributed by atoms with E-state index in [9.17, 15) is 4.79 Å². The van der Waals surface area contributed by atoms with Crippen molar-refractivity contribution in [3.05, 3.63) is 34.3 Å². The molecule has 19 heavy (non-hydrogen) atoms. The van der Waals surface area contributed by atoms with Crippen LogP contribution in [0.5, 0.6) is 0 Å². The monoisotopic (exact) mass is 324 g/mol. The van der Waals surface area contributed by atoms with Gasteiger partial charge in [-0.25, -0.2) is 0 Å². The summed E-state index contributed by atoms with van der Waals surface area (Å²) in [5.41, 5.74) is 6.84. The smallest absolute Gasteiger partial charge is 0.226 e. The van der Waals surface area contributed by atoms with Crippen molar-refractivity contribution in [2.45, 2.75) is 31.7 Å². The zero-order valence-electron chi connectivity index (χ0n) is 11.3. The first kappa shape index (κ1) is 14.5. The molecule has 4 heteroatoms. The number of nitrogens with zero attached hydrogens (tertiary/aromatic N) is 1. The lowest BCUT2D eigenvalue weighted by molar-refractivity contribution is -0.131. The highest BCUT2D eigenvalue weighted by molar-refractivity contribution is 9.10. The number of halogens is 1. The average molecular weight is 325 g/mol. The fraction of sp³-hybridized carbons (Fsp3) is 0.533. The Morgan fingerprint density at radius 3 is 2.95 bits per heavy atom. The molecule has 2 rings (SSSR count). The number of rotatable bonds is 4. The summed E-state index contributed by atoms with van der Waals surface area (Å²) in [6.45, 7) is 0.680. The summed E-state index contributed by atoms with van der Waals surface area (Å²) in [7, 11) is 1.92. The molecule has 1 saturated carbocycles. The molecule has 2 atom stereocenters. The molecule has 2 unspecified atom stereocenters. The normalized spacial score (nSPS) is 22.5. The van der Waals surface area contributed by atoms with Crippen LogP contribution in [-0.2, 0) is 11.2 Å². The van der Waals surface area contributed by atoms with E-state index in [0.29, 0.717) is 24.9 Å². The first-order valence-electron chi connectivity index (χ1n) is 6.82. The minimum Gasteiger partial charge on any atom is -0.342 e. The Labute approximate surface area is 123 Å². The first-order chi connectivity index (χ1) is 9.11. The molecule has 0 spiro atoms. The van der Waals surface area contributed by atoms with Crippen LogP contribution in [0.4, 0.5) is 0 Å². The first-order valence-corrected chi connectivity index (χ1v) is 7.61. The lowest BCUT2D eigenvalue weighted by Gasteiger charge is -2.29. The SMILES string of the molecule is CN(C(=O)Cc1cccc(Br)c1)C1CCCC1CN. The van der Waals surface area contributed by atoms with Crippen LogP contribution in [0.1, 0.15) is 24.8 Å². The van der Waals surface area contributed by atoms with Crippen molar-refractivity contribution < 1.29 is 4.79 Å². The van der Waals surface area contributed by atoms with Gasteiger partial charge >= 0.3 is 0 Å². The van der Waals surface area contributed by atoms with Crippen molar-refractivity contribution in [2.24, 2.45) is 11.7 Å². The third-order valence-corrected chi connectivity index (χ3v) is 4.55. The summed E-state index contributed by atoms with van der Waals surface area (Å²) in [6.07, 6.45) is 3.88. The Morgan fingerprint density at radius 1 is 1.47 bits per heavy atom. The van der Waals surface area contributed by atoms with Crippen LogP contribution in [0.25, 0.3) is 0 Å². The quantitative estimate of drug-likeness (QED) is 0.925. The summed E-state index contributed by atoms with van der Waals surface area (Å²) in [5, 5.41) is 0. The maximum atomic E-state index is 12.3. The zero-order valence-corrected chi connectivity index (χ0v) is 12.9. The molecule has 0 saturated heterocycles. The van der Waals surface area contributed by atoms with Crippen molar-refractivity contribution in [3.63, 3.8) is 0 Å². The Balaban J connectivity index is 1.99. The van der Waals surface area contributed by atoms with Gasteiger partial charge in [0, 0.05) is 17.6 Å². The number of carbonyl (C=O) groups excluding carboxylic acids is 1. The highest BCUT2D eigenvalue weighted by Crippen LogP contribution is 2.28. The van der Waals surface area contributed by atoms with E-state index in [1.165, 1.54) is 6.42 Å². The minimum atomic E-state index is 0.184. The third kappa shape index (κ3) is 3.57. The number of nitrogens with two attached hydrogens (primary N) is 1. The summed E-state index contributed by atoms with van der Waals surface area (Å²) < 4.78 is 1.01. The third-order valence-electron chi connectivity index (χ3n) is 4.06. The molecule has 0 radical (unpaired) electrons. The predicted molar refractivity (Wildman–Crippen MR) is 80.8 cm³/mol. The molecule has 104 valence electrons. The molecule has 0 heterocycles. The van der Waals surface area contributed by atoms with Gasteiger partial charge in [-0.3, -0.25) is 4.79 Å². The van der Waals surface area contributed by atoms with E-state index in [-0.39, 0.29) is 5.91 Å². The number of carbonyl (C=O) groups is 1. The number of hydrogen-bond acceptors (Lipinski definition) is 2. The van der Waals surface area contributed by atoms with Crippen molar-refractivity contribution in [1.29, 1.82) is 0 Å². The molecule has 0 aromatic heterocycles. The van der Waals surface area contributed by atoms with Crippen LogP contribution in [-0.4, -0.2) is 30.4 Å². The second kappa shape index (κ2) is 6.53. The van der Waals surface area contributed by atoms with Crippen LogP contribution in [0.15, 0.2) is 28.7 Å². The van der Waals surface area contributed by atoms with E-state index in [0.717, 1.165) is 22.9 Å². The Morgan fingerprint density at radius 2 is 2.26 bits per heavy atom. The van der Waals surface area contributed by atoms with Crippen molar-refractivity contribution in [1.82, 2.24) is 4.90 Å². The van der Waals surface area contributed by atoms with E-state index in [2.05, 4.69) is 15.9 Å². The molecule has 2 N–H and O–H groups in total. The molecule has 1 aliphatic carbocycles. The number of likely N-dealkylation sites (N-methyl/N-ethyl adjacent to an activating group) is 1. The Bertz CT molecular complexity index is 450. The maximum absolute atomic E-state index is 12.3. The van der Waals surface area contributed by atoms with E-state index < -0.39 is 0 Å². The molecule has 0 bridgehead atoms. The molecule has 0 aliphatic heterocycles. The molecule has 3 nitrogen and oxygen atoms in total. The lowest BCUT2D eigenvalue weighted by atomic mass is 10.0. The molecule has 1 aliphatic rings. The van der Waals surface area contributed by atoms with Gasteiger partial charge in [0.25, 0.3) is 0 Å². The molecule has 1 amide bonds. The van der Waals surface area contributed by atoms with Gasteiger partial charge in [-0.1, -0.05) is 34.5 Å². The summed E-state index contributed by atoms with van der Waals surface area (Å²) in [4.78, 5) is 14.3. The lowest BCUT2D eigenvalue weighted by Crippen LogP contribution is -2.42. The van der Waals surface area contributed by atoms with Gasteiger partial charge in [0.1, 0.15) is 0 Å². The number of amides is 1. The summed E-state index contributed by atoms with van der Waals surface area (Å²) in [6, 6.07) is 8.25. The minimum absolute atomic E-state index is 0.184. The van der Waals surface area contributed by atoms with Gasteiger partial charge in [-0.15, -0.1) is 0 Å². The highest BCUT2D eigenvalue weighted by atomic mass is 79.9. The van der Waals surface area contributed by atoms with Crippen LogP contribution >= 0.6 is 15.9 Å². The molecular weight excluding hydrogens is 304 g/mol. The van der Waals surface area contributed by atoms with Crippen LogP contribution in [0.2, 0.25) is 0 Å². The van der Waals surface area contributed by atoms with E-state index in [1.807, 2.05) is 36.2 Å². The fourth-order valence-corrected chi connectivity index (χ4v) is 3.38. The predicted octanol–water partition coefficient (Wildman–Crippen LogP) is 2.58. The molecule has 1 fully saturated rings. The second-order valence-corrected chi connectivity index (χ2v) is 6.22. The number of hydrogen-bond donors (Lipinski definition) is 1. The van der Waals surface area contributed by atoms with Gasteiger partial charge in [-0.05, 0) is 43.0 Å². The number of benzene rings is 1. The summed E-state index contributed by atoms with van der Waals surface area (Å²) in [5.74, 6) is 0.653.